The summed E-state index contributed by atoms with van der Waals surface area (Å²) in [6.07, 6.45) is 1.91. The Kier molecular flexibility index (Phi) is 3.68. The highest BCUT2D eigenvalue weighted by Gasteiger charge is 2.10. The zero-order valence-corrected chi connectivity index (χ0v) is 10.8. The van der Waals surface area contributed by atoms with E-state index in [4.69, 9.17) is 5.73 Å². The number of hydrogen-bond acceptors (Lipinski definition) is 3. The fourth-order valence-electron chi connectivity index (χ4n) is 1.39. The van der Waals surface area contributed by atoms with Gasteiger partial charge in [0.2, 0.25) is 0 Å². The fourth-order valence-corrected chi connectivity index (χ4v) is 2.93. The minimum Gasteiger partial charge on any atom is -0.322 e. The van der Waals surface area contributed by atoms with Gasteiger partial charge in [0.05, 0.1) is 21.7 Å². The first-order chi connectivity index (χ1) is 7.65. The summed E-state index contributed by atoms with van der Waals surface area (Å²) >= 11 is 5.05. The Morgan fingerprint density at radius 2 is 2.19 bits per heavy atom. The lowest BCUT2D eigenvalue weighted by Crippen LogP contribution is -2.14. The zero-order chi connectivity index (χ0) is 11.5. The molecule has 2 aromatic heterocycles. The topological polar surface area (TPSA) is 38.9 Å². The lowest BCUT2D eigenvalue weighted by molar-refractivity contribution is 0.612. The van der Waals surface area contributed by atoms with Crippen LogP contribution in [0.4, 0.5) is 4.39 Å². The molecular formula is C11H10BrFN2S. The summed E-state index contributed by atoms with van der Waals surface area (Å²) in [6.45, 7) is 0. The molecule has 0 aliphatic carbocycles. The molecule has 2 rings (SSSR count). The van der Waals surface area contributed by atoms with Crippen molar-refractivity contribution in [3.8, 4) is 0 Å². The van der Waals surface area contributed by atoms with Crippen LogP contribution in [0, 0.1) is 5.82 Å². The second-order valence-corrected chi connectivity index (χ2v) is 5.97. The third kappa shape index (κ3) is 2.87. The second-order valence-electron chi connectivity index (χ2n) is 3.42. The molecule has 0 saturated carbocycles. The molecule has 16 heavy (non-hydrogen) atoms. The minimum absolute atomic E-state index is 0.189. The number of thiophene rings is 1. The molecular weight excluding hydrogens is 291 g/mol. The molecule has 2 N–H and O–H groups in total. The highest BCUT2D eigenvalue weighted by atomic mass is 79.9. The Balaban J connectivity index is 2.08. The van der Waals surface area contributed by atoms with E-state index in [1.54, 1.807) is 17.4 Å². The highest BCUT2D eigenvalue weighted by Crippen LogP contribution is 2.25. The van der Waals surface area contributed by atoms with E-state index in [1.165, 1.54) is 17.1 Å². The summed E-state index contributed by atoms with van der Waals surface area (Å²) in [5, 5.41) is 0. The SMILES string of the molecule is NC(Cc1ccc(Br)s1)c1ccc(F)cn1. The fraction of sp³-hybridized carbons (Fsp3) is 0.182. The van der Waals surface area contributed by atoms with Gasteiger partial charge in [-0.05, 0) is 40.2 Å². The van der Waals surface area contributed by atoms with Crippen LogP contribution in [-0.4, -0.2) is 4.98 Å². The van der Waals surface area contributed by atoms with Crippen molar-refractivity contribution in [3.05, 3.63) is 50.6 Å². The van der Waals surface area contributed by atoms with Gasteiger partial charge < -0.3 is 5.73 Å². The average Bonchev–Trinajstić information content (AvgIpc) is 2.65. The summed E-state index contributed by atoms with van der Waals surface area (Å²) in [4.78, 5) is 5.16. The van der Waals surface area contributed by atoms with Crippen molar-refractivity contribution in [2.45, 2.75) is 12.5 Å². The maximum Gasteiger partial charge on any atom is 0.141 e. The maximum atomic E-state index is 12.7. The molecule has 2 heterocycles. The van der Waals surface area contributed by atoms with Gasteiger partial charge in [-0.2, -0.15) is 0 Å². The summed E-state index contributed by atoms with van der Waals surface area (Å²) < 4.78 is 13.8. The number of nitrogens with two attached hydrogens (primary N) is 1. The van der Waals surface area contributed by atoms with E-state index in [2.05, 4.69) is 20.9 Å². The smallest absolute Gasteiger partial charge is 0.141 e. The first kappa shape index (κ1) is 11.7. The number of rotatable bonds is 3. The molecule has 0 aliphatic rings. The molecule has 0 aliphatic heterocycles. The number of aromatic nitrogens is 1. The van der Waals surface area contributed by atoms with Crippen molar-refractivity contribution in [1.29, 1.82) is 0 Å². The van der Waals surface area contributed by atoms with Crippen LogP contribution in [0.2, 0.25) is 0 Å². The number of halogens is 2. The molecule has 5 heteroatoms. The lowest BCUT2D eigenvalue weighted by Gasteiger charge is -2.09. The standard InChI is InChI=1S/C11H10BrFN2S/c12-11-4-2-8(16-11)5-9(14)10-3-1-7(13)6-15-10/h1-4,6,9H,5,14H2. The van der Waals surface area contributed by atoms with Gasteiger partial charge in [0, 0.05) is 11.3 Å². The largest absolute Gasteiger partial charge is 0.322 e. The quantitative estimate of drug-likeness (QED) is 0.945. The van der Waals surface area contributed by atoms with Gasteiger partial charge in [0.25, 0.3) is 0 Å². The van der Waals surface area contributed by atoms with Crippen LogP contribution < -0.4 is 5.73 Å². The molecule has 1 unspecified atom stereocenters. The highest BCUT2D eigenvalue weighted by molar-refractivity contribution is 9.11. The molecule has 0 aromatic carbocycles. The summed E-state index contributed by atoms with van der Waals surface area (Å²) in [5.74, 6) is -0.338. The van der Waals surface area contributed by atoms with E-state index in [1.807, 2.05) is 12.1 Å². The molecule has 0 radical (unpaired) electrons. The molecule has 2 nitrogen and oxygen atoms in total. The van der Waals surface area contributed by atoms with Gasteiger partial charge in [-0.15, -0.1) is 11.3 Å². The van der Waals surface area contributed by atoms with Crippen molar-refractivity contribution in [3.63, 3.8) is 0 Å². The summed E-state index contributed by atoms with van der Waals surface area (Å²) in [7, 11) is 0. The second kappa shape index (κ2) is 5.03. The van der Waals surface area contributed by atoms with Gasteiger partial charge >= 0.3 is 0 Å². The molecule has 2 aromatic rings. The number of pyridine rings is 1. The van der Waals surface area contributed by atoms with E-state index < -0.39 is 0 Å². The van der Waals surface area contributed by atoms with Crippen LogP contribution in [-0.2, 0) is 6.42 Å². The first-order valence-electron chi connectivity index (χ1n) is 4.76. The Labute approximate surface area is 105 Å². The third-order valence-corrected chi connectivity index (χ3v) is 3.83. The third-order valence-electron chi connectivity index (χ3n) is 2.18. The monoisotopic (exact) mass is 300 g/mol. The van der Waals surface area contributed by atoms with Crippen LogP contribution in [0.15, 0.2) is 34.2 Å². The van der Waals surface area contributed by atoms with Crippen LogP contribution in [0.3, 0.4) is 0 Å². The Morgan fingerprint density at radius 1 is 1.38 bits per heavy atom. The van der Waals surface area contributed by atoms with Gasteiger partial charge in [0.15, 0.2) is 0 Å². The van der Waals surface area contributed by atoms with E-state index in [0.29, 0.717) is 5.69 Å². The molecule has 0 fully saturated rings. The molecule has 0 amide bonds. The van der Waals surface area contributed by atoms with Gasteiger partial charge in [-0.1, -0.05) is 0 Å². The Hall–Kier alpha value is -0.780. The molecule has 84 valence electrons. The lowest BCUT2D eigenvalue weighted by atomic mass is 10.1. The number of hydrogen-bond donors (Lipinski definition) is 1. The molecule has 0 bridgehead atoms. The van der Waals surface area contributed by atoms with Crippen LogP contribution in [0.5, 0.6) is 0 Å². The van der Waals surface area contributed by atoms with E-state index in [0.717, 1.165) is 10.2 Å². The molecule has 0 spiro atoms. The van der Waals surface area contributed by atoms with Crippen molar-refractivity contribution in [2.24, 2.45) is 5.73 Å². The molecule has 0 saturated heterocycles. The van der Waals surface area contributed by atoms with E-state index in [9.17, 15) is 4.39 Å². The predicted octanol–water partition coefficient (Wildman–Crippen LogP) is 3.29. The van der Waals surface area contributed by atoms with Crippen molar-refractivity contribution in [2.75, 3.05) is 0 Å². The Morgan fingerprint density at radius 3 is 2.75 bits per heavy atom. The maximum absolute atomic E-state index is 12.7. The first-order valence-corrected chi connectivity index (χ1v) is 6.37. The molecule has 1 atom stereocenters. The normalized spacial score (nSPS) is 12.7. The average molecular weight is 301 g/mol. The van der Waals surface area contributed by atoms with Gasteiger partial charge in [-0.3, -0.25) is 4.98 Å². The number of nitrogens with zero attached hydrogens (tertiary/aromatic N) is 1. The van der Waals surface area contributed by atoms with Crippen LogP contribution >= 0.6 is 27.3 Å². The van der Waals surface area contributed by atoms with Gasteiger partial charge in [-0.25, -0.2) is 4.39 Å². The Bertz CT molecular complexity index is 469. The summed E-state index contributed by atoms with van der Waals surface area (Å²) in [6, 6.07) is 6.84. The zero-order valence-electron chi connectivity index (χ0n) is 8.36. The van der Waals surface area contributed by atoms with Crippen molar-refractivity contribution >= 4 is 27.3 Å². The van der Waals surface area contributed by atoms with Crippen molar-refractivity contribution in [1.82, 2.24) is 4.98 Å². The van der Waals surface area contributed by atoms with Crippen LogP contribution in [0.1, 0.15) is 16.6 Å². The van der Waals surface area contributed by atoms with E-state index >= 15 is 0 Å². The predicted molar refractivity (Wildman–Crippen MR) is 66.8 cm³/mol. The van der Waals surface area contributed by atoms with E-state index in [-0.39, 0.29) is 11.9 Å². The van der Waals surface area contributed by atoms with Crippen molar-refractivity contribution < 1.29 is 4.39 Å². The minimum atomic E-state index is -0.338. The van der Waals surface area contributed by atoms with Gasteiger partial charge in [0.1, 0.15) is 5.82 Å². The summed E-state index contributed by atoms with van der Waals surface area (Å²) in [5.41, 5.74) is 6.71. The van der Waals surface area contributed by atoms with Crippen LogP contribution in [0.25, 0.3) is 0 Å².